The third-order valence-corrected chi connectivity index (χ3v) is 9.87. The van der Waals surface area contributed by atoms with Crippen molar-refractivity contribution in [2.75, 3.05) is 19.6 Å². The monoisotopic (exact) mass is 523 g/mol. The zero-order valence-electron chi connectivity index (χ0n) is 22.7. The summed E-state index contributed by atoms with van der Waals surface area (Å²) in [6.07, 6.45) is 9.62. The lowest BCUT2D eigenvalue weighted by molar-refractivity contribution is 0.0602. The van der Waals surface area contributed by atoms with E-state index in [1.54, 1.807) is 0 Å². The summed E-state index contributed by atoms with van der Waals surface area (Å²) < 4.78 is 2.52. The average molecular weight is 524 g/mol. The summed E-state index contributed by atoms with van der Waals surface area (Å²) >= 11 is 0. The van der Waals surface area contributed by atoms with Crippen molar-refractivity contribution in [1.29, 1.82) is 0 Å². The number of amides is 1. The second kappa shape index (κ2) is 9.90. The number of hydrogen-bond donors (Lipinski definition) is 1. The van der Waals surface area contributed by atoms with Gasteiger partial charge in [0.05, 0.1) is 17.2 Å². The van der Waals surface area contributed by atoms with Gasteiger partial charge in [0.2, 0.25) is 0 Å². The lowest BCUT2D eigenvalue weighted by Crippen LogP contribution is -2.49. The predicted molar refractivity (Wildman–Crippen MR) is 151 cm³/mol. The highest BCUT2D eigenvalue weighted by Gasteiger charge is 2.44. The van der Waals surface area contributed by atoms with E-state index in [0.717, 1.165) is 50.2 Å². The average Bonchev–Trinajstić information content (AvgIpc) is 3.68. The Morgan fingerprint density at radius 2 is 1.69 bits per heavy atom. The molecule has 39 heavy (non-hydrogen) atoms. The minimum absolute atomic E-state index is 0.0205. The van der Waals surface area contributed by atoms with Crippen molar-refractivity contribution >= 4 is 16.9 Å². The second-order valence-corrected chi connectivity index (χ2v) is 11.8. The zero-order valence-corrected chi connectivity index (χ0v) is 22.7. The van der Waals surface area contributed by atoms with Gasteiger partial charge in [-0.2, -0.15) is 15.4 Å². The summed E-state index contributed by atoms with van der Waals surface area (Å²) in [5, 5.41) is 10.4. The topological polar surface area (TPSA) is 82.9 Å². The van der Waals surface area contributed by atoms with Crippen LogP contribution >= 0.6 is 0 Å². The highest BCUT2D eigenvalue weighted by molar-refractivity contribution is 5.92. The van der Waals surface area contributed by atoms with Crippen molar-refractivity contribution in [3.8, 4) is 0 Å². The quantitative estimate of drug-likeness (QED) is 0.389. The number of carbonyl (C=O) groups excluding carboxylic acids is 1. The number of aryl methyl sites for hydroxylation is 1. The number of H-pyrrole nitrogens is 1. The van der Waals surface area contributed by atoms with Crippen molar-refractivity contribution in [3.05, 3.63) is 77.9 Å². The number of imidazole rings is 1. The number of aromatic nitrogens is 5. The van der Waals surface area contributed by atoms with E-state index in [2.05, 4.69) is 86.4 Å². The van der Waals surface area contributed by atoms with Crippen LogP contribution in [0.1, 0.15) is 72.9 Å². The normalized spacial score (nSPS) is 24.8. The van der Waals surface area contributed by atoms with Gasteiger partial charge in [-0.15, -0.1) is 0 Å². The van der Waals surface area contributed by atoms with Gasteiger partial charge >= 0.3 is 0 Å². The fourth-order valence-electron chi connectivity index (χ4n) is 7.87. The molecule has 2 atom stereocenters. The van der Waals surface area contributed by atoms with Crippen molar-refractivity contribution in [2.24, 2.45) is 0 Å². The molecule has 3 aliphatic rings. The summed E-state index contributed by atoms with van der Waals surface area (Å²) in [5.41, 5.74) is 4.31. The largest absolute Gasteiger partial charge is 0.337 e. The molecule has 0 spiro atoms. The van der Waals surface area contributed by atoms with E-state index < -0.39 is 0 Å². The van der Waals surface area contributed by atoms with Gasteiger partial charge in [-0.05, 0) is 81.5 Å². The van der Waals surface area contributed by atoms with Crippen LogP contribution in [0.3, 0.4) is 0 Å². The number of rotatable bonds is 6. The van der Waals surface area contributed by atoms with E-state index in [0.29, 0.717) is 23.8 Å². The van der Waals surface area contributed by atoms with Crippen LogP contribution in [0.4, 0.5) is 0 Å². The number of fused-ring (bicyclic) bond motifs is 3. The first-order valence-corrected chi connectivity index (χ1v) is 14.5. The van der Waals surface area contributed by atoms with Crippen LogP contribution in [-0.2, 0) is 5.41 Å². The fourth-order valence-corrected chi connectivity index (χ4v) is 7.87. The maximum absolute atomic E-state index is 12.9. The molecule has 0 saturated carbocycles. The lowest BCUT2D eigenvalue weighted by atomic mass is 9.70. The number of para-hydroxylation sites is 2. The number of nitrogens with one attached hydrogen (secondary N) is 1. The molecular formula is C31H37N7O. The SMILES string of the molecule is Cc1nc2ccccc2n1C1CC2CCC(C1)N2CCC1(c2ccccc2)CCN(C(=O)c2cn[nH]n2)CC1. The van der Waals surface area contributed by atoms with Crippen molar-refractivity contribution in [3.63, 3.8) is 0 Å². The third kappa shape index (κ3) is 4.35. The van der Waals surface area contributed by atoms with E-state index in [1.165, 1.54) is 43.0 Å². The molecule has 202 valence electrons. The number of piperidine rings is 2. The van der Waals surface area contributed by atoms with Crippen LogP contribution in [0.25, 0.3) is 11.0 Å². The molecule has 2 unspecified atom stereocenters. The van der Waals surface area contributed by atoms with Gasteiger partial charge < -0.3 is 9.47 Å². The van der Waals surface area contributed by atoms with Crippen LogP contribution in [0.2, 0.25) is 0 Å². The van der Waals surface area contributed by atoms with Gasteiger partial charge in [0.25, 0.3) is 5.91 Å². The molecular weight excluding hydrogens is 486 g/mol. The van der Waals surface area contributed by atoms with Crippen LogP contribution < -0.4 is 0 Å². The third-order valence-electron chi connectivity index (χ3n) is 9.87. The molecule has 3 saturated heterocycles. The smallest absolute Gasteiger partial charge is 0.276 e. The summed E-state index contributed by atoms with van der Waals surface area (Å²) in [7, 11) is 0. The van der Waals surface area contributed by atoms with Crippen LogP contribution in [0.5, 0.6) is 0 Å². The Bertz CT molecular complexity index is 1420. The molecule has 3 fully saturated rings. The molecule has 8 heteroatoms. The number of nitrogens with zero attached hydrogens (tertiary/aromatic N) is 6. The number of likely N-dealkylation sites (tertiary alicyclic amines) is 1. The zero-order chi connectivity index (χ0) is 26.4. The Morgan fingerprint density at radius 1 is 0.974 bits per heavy atom. The highest BCUT2D eigenvalue weighted by Crippen LogP contribution is 2.45. The molecule has 1 N–H and O–H groups in total. The Kier molecular flexibility index (Phi) is 6.22. The molecule has 0 aliphatic carbocycles. The molecule has 1 amide bonds. The van der Waals surface area contributed by atoms with Crippen LogP contribution in [-0.4, -0.2) is 72.4 Å². The minimum Gasteiger partial charge on any atom is -0.337 e. The number of benzene rings is 2. The van der Waals surface area contributed by atoms with Gasteiger partial charge in [0.1, 0.15) is 5.82 Å². The predicted octanol–water partition coefficient (Wildman–Crippen LogP) is 4.90. The first-order valence-electron chi connectivity index (χ1n) is 14.5. The molecule has 7 rings (SSSR count). The van der Waals surface area contributed by atoms with Gasteiger partial charge in [-0.1, -0.05) is 42.5 Å². The van der Waals surface area contributed by atoms with Crippen LogP contribution in [0, 0.1) is 6.92 Å². The molecule has 2 aromatic carbocycles. The Morgan fingerprint density at radius 3 is 2.41 bits per heavy atom. The van der Waals surface area contributed by atoms with Gasteiger partial charge in [0.15, 0.2) is 5.69 Å². The molecule has 0 radical (unpaired) electrons. The van der Waals surface area contributed by atoms with Crippen molar-refractivity contribution < 1.29 is 4.79 Å². The Labute approximate surface area is 229 Å². The Balaban J connectivity index is 1.07. The number of carbonyl (C=O) groups is 1. The minimum atomic E-state index is -0.0205. The maximum atomic E-state index is 12.9. The molecule has 2 bridgehead atoms. The molecule has 8 nitrogen and oxygen atoms in total. The number of hydrogen-bond acceptors (Lipinski definition) is 5. The summed E-state index contributed by atoms with van der Waals surface area (Å²) in [5.74, 6) is 1.12. The molecule has 4 aromatic rings. The molecule has 3 aliphatic heterocycles. The van der Waals surface area contributed by atoms with E-state index >= 15 is 0 Å². The molecule has 5 heterocycles. The summed E-state index contributed by atoms with van der Waals surface area (Å²) in [6.45, 7) is 4.79. The van der Waals surface area contributed by atoms with E-state index in [1.807, 2.05) is 4.90 Å². The standard InChI is InChI=1S/C31H37N7O/c1-22-33-27-9-5-6-10-29(27)38(22)26-19-24-11-12-25(20-26)37(24)18-15-31(23-7-3-2-4-8-23)13-16-36(17-14-31)30(39)28-21-32-35-34-28/h2-10,21,24-26H,11-20H2,1H3,(H,32,34,35). The van der Waals surface area contributed by atoms with Gasteiger partial charge in [0, 0.05) is 31.2 Å². The first kappa shape index (κ1) is 24.5. The summed E-state index contributed by atoms with van der Waals surface area (Å²) in [6, 6.07) is 21.4. The van der Waals surface area contributed by atoms with Gasteiger partial charge in [-0.3, -0.25) is 9.69 Å². The summed E-state index contributed by atoms with van der Waals surface area (Å²) in [4.78, 5) is 22.6. The van der Waals surface area contributed by atoms with Gasteiger partial charge in [-0.25, -0.2) is 4.98 Å². The van der Waals surface area contributed by atoms with Crippen molar-refractivity contribution in [2.45, 2.75) is 75.4 Å². The maximum Gasteiger partial charge on any atom is 0.276 e. The van der Waals surface area contributed by atoms with Crippen LogP contribution in [0.15, 0.2) is 60.8 Å². The fraction of sp³-hybridized carbons (Fsp3) is 0.484. The molecule has 2 aromatic heterocycles. The van der Waals surface area contributed by atoms with E-state index in [9.17, 15) is 4.79 Å². The van der Waals surface area contributed by atoms with E-state index in [4.69, 9.17) is 4.98 Å². The number of aromatic amines is 1. The lowest BCUT2D eigenvalue weighted by Gasteiger charge is -2.45. The Hall–Kier alpha value is -3.52. The first-order chi connectivity index (χ1) is 19.1. The van der Waals surface area contributed by atoms with E-state index in [-0.39, 0.29) is 11.3 Å². The highest BCUT2D eigenvalue weighted by atomic mass is 16.2. The van der Waals surface area contributed by atoms with Crippen molar-refractivity contribution in [1.82, 2.24) is 34.8 Å². The second-order valence-electron chi connectivity index (χ2n) is 11.8.